The van der Waals surface area contributed by atoms with Gasteiger partial charge in [0.15, 0.2) is 5.76 Å². The Morgan fingerprint density at radius 2 is 2.23 bits per heavy atom. The highest BCUT2D eigenvalue weighted by Gasteiger charge is 2.44. The number of rotatable bonds is 5. The van der Waals surface area contributed by atoms with E-state index in [4.69, 9.17) is 9.15 Å². The van der Waals surface area contributed by atoms with Gasteiger partial charge in [0.05, 0.1) is 12.9 Å². The largest absolute Gasteiger partial charge is 0.481 e. The number of carbonyl (C=O) groups is 2. The number of carboxylic acids is 1. The number of likely N-dealkylation sites (tertiary alicyclic amines) is 1. The molecule has 6 nitrogen and oxygen atoms in total. The Kier molecular flexibility index (Phi) is 4.90. The standard InChI is InChI=1S/C16H23NO5/c1-11(2)12-5-8-22-13(12)14(18)17-7-4-6-16(9-17,10-21-3)15(19)20/h5,8,11H,4,6-7,9-10H2,1-3H3,(H,19,20). The van der Waals surface area contributed by atoms with Crippen LogP contribution >= 0.6 is 0 Å². The molecule has 1 amide bonds. The molecule has 122 valence electrons. The highest BCUT2D eigenvalue weighted by Crippen LogP contribution is 2.32. The predicted molar refractivity (Wildman–Crippen MR) is 79.9 cm³/mol. The fraction of sp³-hybridized carbons (Fsp3) is 0.625. The van der Waals surface area contributed by atoms with Gasteiger partial charge in [-0.3, -0.25) is 9.59 Å². The molecular weight excluding hydrogens is 286 g/mol. The van der Waals surface area contributed by atoms with E-state index in [-0.39, 0.29) is 25.0 Å². The second-order valence-corrected chi connectivity index (χ2v) is 6.21. The van der Waals surface area contributed by atoms with Crippen LogP contribution in [0.15, 0.2) is 16.7 Å². The lowest BCUT2D eigenvalue weighted by Gasteiger charge is -2.39. The molecule has 1 aromatic heterocycles. The highest BCUT2D eigenvalue weighted by atomic mass is 16.5. The topological polar surface area (TPSA) is 80.0 Å². The van der Waals surface area contributed by atoms with E-state index in [0.717, 1.165) is 5.56 Å². The Morgan fingerprint density at radius 3 is 2.82 bits per heavy atom. The van der Waals surface area contributed by atoms with E-state index in [0.29, 0.717) is 25.1 Å². The molecule has 1 N–H and O–H groups in total. The van der Waals surface area contributed by atoms with Crippen LogP contribution in [0.4, 0.5) is 0 Å². The summed E-state index contributed by atoms with van der Waals surface area (Å²) < 4.78 is 10.4. The minimum Gasteiger partial charge on any atom is -0.481 e. The molecule has 1 aromatic rings. The molecule has 0 bridgehead atoms. The van der Waals surface area contributed by atoms with Gasteiger partial charge in [-0.1, -0.05) is 13.8 Å². The van der Waals surface area contributed by atoms with Crippen LogP contribution in [0.2, 0.25) is 0 Å². The zero-order valence-corrected chi connectivity index (χ0v) is 13.3. The Morgan fingerprint density at radius 1 is 1.50 bits per heavy atom. The number of amides is 1. The van der Waals surface area contributed by atoms with Crippen LogP contribution in [0.5, 0.6) is 0 Å². The van der Waals surface area contributed by atoms with Gasteiger partial charge in [0, 0.05) is 25.8 Å². The van der Waals surface area contributed by atoms with Gasteiger partial charge in [-0.25, -0.2) is 0 Å². The van der Waals surface area contributed by atoms with Gasteiger partial charge in [-0.15, -0.1) is 0 Å². The minimum atomic E-state index is -1.03. The molecular formula is C16H23NO5. The fourth-order valence-corrected chi connectivity index (χ4v) is 3.03. The molecule has 2 rings (SSSR count). The van der Waals surface area contributed by atoms with Gasteiger partial charge in [0.2, 0.25) is 0 Å². The van der Waals surface area contributed by atoms with Crippen molar-refractivity contribution in [2.75, 3.05) is 26.8 Å². The van der Waals surface area contributed by atoms with E-state index < -0.39 is 11.4 Å². The number of nitrogens with zero attached hydrogens (tertiary/aromatic N) is 1. The first-order valence-corrected chi connectivity index (χ1v) is 7.50. The summed E-state index contributed by atoms with van der Waals surface area (Å²) in [7, 11) is 1.48. The summed E-state index contributed by atoms with van der Waals surface area (Å²) in [6, 6.07) is 1.79. The van der Waals surface area contributed by atoms with E-state index >= 15 is 0 Å². The molecule has 22 heavy (non-hydrogen) atoms. The van der Waals surface area contributed by atoms with Crippen LogP contribution in [-0.4, -0.2) is 48.7 Å². The summed E-state index contributed by atoms with van der Waals surface area (Å²) in [6.07, 6.45) is 2.65. The third-order valence-corrected chi connectivity index (χ3v) is 4.25. The lowest BCUT2D eigenvalue weighted by Crippen LogP contribution is -2.52. The monoisotopic (exact) mass is 309 g/mol. The van der Waals surface area contributed by atoms with Crippen LogP contribution in [0.3, 0.4) is 0 Å². The van der Waals surface area contributed by atoms with Crippen LogP contribution in [0, 0.1) is 5.41 Å². The Balaban J connectivity index is 2.23. The smallest absolute Gasteiger partial charge is 0.313 e. The Bertz CT molecular complexity index is 546. The van der Waals surface area contributed by atoms with Crippen LogP contribution < -0.4 is 0 Å². The third-order valence-electron chi connectivity index (χ3n) is 4.25. The second kappa shape index (κ2) is 6.52. The summed E-state index contributed by atoms with van der Waals surface area (Å²) in [6.45, 7) is 4.76. The van der Waals surface area contributed by atoms with E-state index in [1.165, 1.54) is 13.4 Å². The normalized spacial score (nSPS) is 22.1. The number of aliphatic carboxylic acids is 1. The van der Waals surface area contributed by atoms with Gasteiger partial charge in [0.1, 0.15) is 5.41 Å². The number of furan rings is 1. The van der Waals surface area contributed by atoms with E-state index in [9.17, 15) is 14.7 Å². The van der Waals surface area contributed by atoms with Gasteiger partial charge in [0.25, 0.3) is 5.91 Å². The molecule has 6 heteroatoms. The van der Waals surface area contributed by atoms with Crippen molar-refractivity contribution >= 4 is 11.9 Å². The van der Waals surface area contributed by atoms with Gasteiger partial charge < -0.3 is 19.2 Å². The first kappa shape index (κ1) is 16.5. The molecule has 0 radical (unpaired) electrons. The van der Waals surface area contributed by atoms with Crippen molar-refractivity contribution in [2.24, 2.45) is 5.41 Å². The van der Waals surface area contributed by atoms with Crippen molar-refractivity contribution in [2.45, 2.75) is 32.6 Å². The van der Waals surface area contributed by atoms with E-state index in [1.54, 1.807) is 11.0 Å². The van der Waals surface area contributed by atoms with E-state index in [1.807, 2.05) is 13.8 Å². The molecule has 1 aliphatic rings. The van der Waals surface area contributed by atoms with Gasteiger partial charge in [-0.05, 0) is 24.8 Å². The lowest BCUT2D eigenvalue weighted by molar-refractivity contribution is -0.155. The molecule has 1 atom stereocenters. The maximum atomic E-state index is 12.7. The fourth-order valence-electron chi connectivity index (χ4n) is 3.03. The molecule has 0 saturated carbocycles. The zero-order valence-electron chi connectivity index (χ0n) is 13.3. The quantitative estimate of drug-likeness (QED) is 0.903. The molecule has 0 aliphatic carbocycles. The number of hydrogen-bond donors (Lipinski definition) is 1. The number of methoxy groups -OCH3 is 1. The van der Waals surface area contributed by atoms with Gasteiger partial charge >= 0.3 is 5.97 Å². The maximum Gasteiger partial charge on any atom is 0.313 e. The second-order valence-electron chi connectivity index (χ2n) is 6.21. The number of carbonyl (C=O) groups excluding carboxylic acids is 1. The number of piperidine rings is 1. The average molecular weight is 309 g/mol. The van der Waals surface area contributed by atoms with Crippen molar-refractivity contribution in [1.82, 2.24) is 4.90 Å². The minimum absolute atomic E-state index is 0.0985. The summed E-state index contributed by atoms with van der Waals surface area (Å²) in [5.74, 6) is -0.676. The molecule has 1 aliphatic heterocycles. The Hall–Kier alpha value is -1.82. The summed E-state index contributed by atoms with van der Waals surface area (Å²) in [5.41, 5.74) is -0.184. The average Bonchev–Trinajstić information content (AvgIpc) is 2.96. The van der Waals surface area contributed by atoms with Crippen LogP contribution in [0.1, 0.15) is 48.7 Å². The molecule has 1 fully saturated rings. The van der Waals surface area contributed by atoms with Crippen LogP contribution in [0.25, 0.3) is 0 Å². The number of carboxylic acid groups (broad SMARTS) is 1. The number of ether oxygens (including phenoxy) is 1. The summed E-state index contributed by atoms with van der Waals surface area (Å²) in [4.78, 5) is 25.9. The zero-order chi connectivity index (χ0) is 16.3. The summed E-state index contributed by atoms with van der Waals surface area (Å²) >= 11 is 0. The maximum absolute atomic E-state index is 12.7. The van der Waals surface area contributed by atoms with Crippen molar-refractivity contribution < 1.29 is 23.8 Å². The molecule has 0 aromatic carbocycles. The lowest BCUT2D eigenvalue weighted by atomic mass is 9.80. The molecule has 1 unspecified atom stereocenters. The molecule has 0 spiro atoms. The Labute approximate surface area is 130 Å². The first-order chi connectivity index (χ1) is 10.4. The molecule has 2 heterocycles. The first-order valence-electron chi connectivity index (χ1n) is 7.50. The van der Waals surface area contributed by atoms with Crippen molar-refractivity contribution in [3.05, 3.63) is 23.7 Å². The molecule has 1 saturated heterocycles. The van der Waals surface area contributed by atoms with Crippen molar-refractivity contribution in [1.29, 1.82) is 0 Å². The van der Waals surface area contributed by atoms with Crippen molar-refractivity contribution in [3.63, 3.8) is 0 Å². The van der Waals surface area contributed by atoms with Crippen molar-refractivity contribution in [3.8, 4) is 0 Å². The van der Waals surface area contributed by atoms with E-state index in [2.05, 4.69) is 0 Å². The summed E-state index contributed by atoms with van der Waals surface area (Å²) in [5, 5.41) is 9.55. The third kappa shape index (κ3) is 3.02. The number of hydrogen-bond acceptors (Lipinski definition) is 4. The highest BCUT2D eigenvalue weighted by molar-refractivity contribution is 5.93. The van der Waals surface area contributed by atoms with Crippen LogP contribution in [-0.2, 0) is 9.53 Å². The van der Waals surface area contributed by atoms with Gasteiger partial charge in [-0.2, -0.15) is 0 Å². The predicted octanol–water partition coefficient (Wildman–Crippen LogP) is 2.36. The SMILES string of the molecule is COCC1(C(=O)O)CCCN(C(=O)c2occc2C(C)C)C1.